The van der Waals surface area contributed by atoms with Crippen LogP contribution in [0.1, 0.15) is 24.1 Å². The van der Waals surface area contributed by atoms with Gasteiger partial charge in [-0.3, -0.25) is 0 Å². The Hall–Kier alpha value is -1.61. The zero-order valence-corrected chi connectivity index (χ0v) is 11.4. The van der Waals surface area contributed by atoms with Gasteiger partial charge in [0.05, 0.1) is 16.8 Å². The molecule has 0 aliphatic carbocycles. The van der Waals surface area contributed by atoms with E-state index in [0.717, 1.165) is 17.7 Å². The van der Waals surface area contributed by atoms with Crippen molar-refractivity contribution >= 4 is 17.3 Å². The van der Waals surface area contributed by atoms with Crippen molar-refractivity contribution in [1.82, 2.24) is 0 Å². The second-order valence-electron chi connectivity index (χ2n) is 4.52. The Balaban J connectivity index is 2.27. The van der Waals surface area contributed by atoms with Crippen LogP contribution in [0.2, 0.25) is 5.02 Å². The minimum Gasteiger partial charge on any atom is -0.377 e. The molecule has 1 atom stereocenters. The van der Waals surface area contributed by atoms with Crippen molar-refractivity contribution in [1.29, 1.82) is 0 Å². The number of anilines is 1. The highest BCUT2D eigenvalue weighted by atomic mass is 35.5. The van der Waals surface area contributed by atoms with Crippen molar-refractivity contribution in [2.75, 3.05) is 5.32 Å². The smallest absolute Gasteiger partial charge is 0.128 e. The fourth-order valence-electron chi connectivity index (χ4n) is 1.91. The Kier molecular flexibility index (Phi) is 4.05. The van der Waals surface area contributed by atoms with Crippen LogP contribution >= 0.6 is 11.6 Å². The zero-order valence-electron chi connectivity index (χ0n) is 10.7. The third-order valence-electron chi connectivity index (χ3n) is 2.92. The lowest BCUT2D eigenvalue weighted by Crippen LogP contribution is -2.09. The molecular weight excluding hydrogens is 268 g/mol. The molecule has 0 aliphatic rings. The average Bonchev–Trinajstić information content (AvgIpc) is 2.36. The first-order chi connectivity index (χ1) is 8.97. The van der Waals surface area contributed by atoms with Gasteiger partial charge in [0.15, 0.2) is 0 Å². The van der Waals surface area contributed by atoms with E-state index in [9.17, 15) is 8.78 Å². The van der Waals surface area contributed by atoms with Crippen molar-refractivity contribution in [3.63, 3.8) is 0 Å². The second-order valence-corrected chi connectivity index (χ2v) is 4.92. The van der Waals surface area contributed by atoms with Gasteiger partial charge in [-0.2, -0.15) is 0 Å². The van der Waals surface area contributed by atoms with Crippen LogP contribution in [0.15, 0.2) is 36.4 Å². The lowest BCUT2D eigenvalue weighted by atomic mass is 10.1. The zero-order chi connectivity index (χ0) is 14.0. The molecule has 19 heavy (non-hydrogen) atoms. The van der Waals surface area contributed by atoms with Crippen molar-refractivity contribution in [2.24, 2.45) is 0 Å². The van der Waals surface area contributed by atoms with E-state index in [4.69, 9.17) is 11.6 Å². The molecule has 0 aliphatic heterocycles. The summed E-state index contributed by atoms with van der Waals surface area (Å²) in [7, 11) is 0. The summed E-state index contributed by atoms with van der Waals surface area (Å²) >= 11 is 6.07. The predicted molar refractivity (Wildman–Crippen MR) is 74.6 cm³/mol. The highest BCUT2D eigenvalue weighted by molar-refractivity contribution is 6.33. The molecule has 0 saturated heterocycles. The molecule has 0 amide bonds. The summed E-state index contributed by atoms with van der Waals surface area (Å²) in [5.74, 6) is -0.898. The van der Waals surface area contributed by atoms with Crippen LogP contribution < -0.4 is 5.32 Å². The fraction of sp³-hybridized carbons (Fsp3) is 0.200. The molecular formula is C15H14ClF2N. The van der Waals surface area contributed by atoms with Gasteiger partial charge in [0.25, 0.3) is 0 Å². The van der Waals surface area contributed by atoms with Gasteiger partial charge in [0.2, 0.25) is 0 Å². The van der Waals surface area contributed by atoms with Gasteiger partial charge in [-0.1, -0.05) is 17.7 Å². The van der Waals surface area contributed by atoms with Gasteiger partial charge in [0.1, 0.15) is 11.6 Å². The maximum atomic E-state index is 13.7. The number of benzene rings is 2. The van der Waals surface area contributed by atoms with E-state index in [-0.39, 0.29) is 11.6 Å². The number of hydrogen-bond donors (Lipinski definition) is 1. The normalized spacial score (nSPS) is 12.3. The monoisotopic (exact) mass is 281 g/mol. The molecule has 2 aromatic carbocycles. The largest absolute Gasteiger partial charge is 0.377 e. The number of rotatable bonds is 3. The molecule has 0 spiro atoms. The molecule has 0 radical (unpaired) electrons. The van der Waals surface area contributed by atoms with E-state index in [1.807, 2.05) is 19.1 Å². The first kappa shape index (κ1) is 13.8. The predicted octanol–water partition coefficient (Wildman–Crippen LogP) is 5.10. The summed E-state index contributed by atoms with van der Waals surface area (Å²) in [6.07, 6.45) is 0. The molecule has 0 fully saturated rings. The number of halogens is 3. The van der Waals surface area contributed by atoms with Crippen LogP contribution in [0.3, 0.4) is 0 Å². The second kappa shape index (κ2) is 5.57. The van der Waals surface area contributed by atoms with E-state index in [1.165, 1.54) is 6.07 Å². The van der Waals surface area contributed by atoms with E-state index in [1.54, 1.807) is 13.0 Å². The molecule has 4 heteroatoms. The number of aryl methyl sites for hydroxylation is 1. The van der Waals surface area contributed by atoms with Crippen LogP contribution in [0.4, 0.5) is 14.5 Å². The SMILES string of the molecule is Cc1ccc(Cl)c(NC(C)c2cc(F)ccc2F)c1. The van der Waals surface area contributed by atoms with Crippen LogP contribution in [-0.4, -0.2) is 0 Å². The van der Waals surface area contributed by atoms with Gasteiger partial charge >= 0.3 is 0 Å². The summed E-state index contributed by atoms with van der Waals surface area (Å²) in [6, 6.07) is 8.57. The molecule has 1 unspecified atom stereocenters. The van der Waals surface area contributed by atoms with Gasteiger partial charge < -0.3 is 5.32 Å². The van der Waals surface area contributed by atoms with Crippen LogP contribution in [0.25, 0.3) is 0 Å². The van der Waals surface area contributed by atoms with E-state index < -0.39 is 11.6 Å². The maximum absolute atomic E-state index is 13.7. The van der Waals surface area contributed by atoms with Crippen LogP contribution in [-0.2, 0) is 0 Å². The van der Waals surface area contributed by atoms with Crippen molar-refractivity contribution in [2.45, 2.75) is 19.9 Å². The standard InChI is InChI=1S/C15H14ClF2N/c1-9-3-5-13(16)15(7-9)19-10(2)12-8-11(17)4-6-14(12)18/h3-8,10,19H,1-2H3. The minimum atomic E-state index is -0.458. The molecule has 1 N–H and O–H groups in total. The lowest BCUT2D eigenvalue weighted by Gasteiger charge is -2.18. The van der Waals surface area contributed by atoms with Crippen molar-refractivity contribution in [3.8, 4) is 0 Å². The molecule has 0 saturated carbocycles. The Morgan fingerprint density at radius 2 is 1.84 bits per heavy atom. The number of hydrogen-bond acceptors (Lipinski definition) is 1. The van der Waals surface area contributed by atoms with Gasteiger partial charge in [0, 0.05) is 5.56 Å². The summed E-state index contributed by atoms with van der Waals surface area (Å²) in [4.78, 5) is 0. The Bertz CT molecular complexity index is 599. The van der Waals surface area contributed by atoms with Crippen molar-refractivity contribution < 1.29 is 8.78 Å². The van der Waals surface area contributed by atoms with Crippen LogP contribution in [0, 0.1) is 18.6 Å². The van der Waals surface area contributed by atoms with E-state index in [2.05, 4.69) is 5.32 Å². The molecule has 0 aromatic heterocycles. The highest BCUT2D eigenvalue weighted by Crippen LogP contribution is 2.28. The van der Waals surface area contributed by atoms with Gasteiger partial charge in [-0.15, -0.1) is 0 Å². The van der Waals surface area contributed by atoms with Gasteiger partial charge in [-0.05, 0) is 49.7 Å². The Labute approximate surface area is 116 Å². The van der Waals surface area contributed by atoms with Crippen LogP contribution in [0.5, 0.6) is 0 Å². The molecule has 100 valence electrons. The first-order valence-electron chi connectivity index (χ1n) is 5.95. The Morgan fingerprint density at radius 1 is 1.11 bits per heavy atom. The Morgan fingerprint density at radius 3 is 2.58 bits per heavy atom. The average molecular weight is 282 g/mol. The molecule has 0 heterocycles. The fourth-order valence-corrected chi connectivity index (χ4v) is 2.08. The number of nitrogens with one attached hydrogen (secondary N) is 1. The third-order valence-corrected chi connectivity index (χ3v) is 3.25. The first-order valence-corrected chi connectivity index (χ1v) is 6.33. The topological polar surface area (TPSA) is 12.0 Å². The van der Waals surface area contributed by atoms with E-state index >= 15 is 0 Å². The summed E-state index contributed by atoms with van der Waals surface area (Å²) in [5.41, 5.74) is 2.02. The summed E-state index contributed by atoms with van der Waals surface area (Å²) in [6.45, 7) is 3.70. The highest BCUT2D eigenvalue weighted by Gasteiger charge is 2.13. The molecule has 2 rings (SSSR count). The summed E-state index contributed by atoms with van der Waals surface area (Å²) in [5, 5.41) is 3.65. The van der Waals surface area contributed by atoms with Crippen molar-refractivity contribution in [3.05, 3.63) is 64.2 Å². The maximum Gasteiger partial charge on any atom is 0.128 e. The quantitative estimate of drug-likeness (QED) is 0.825. The molecule has 2 aromatic rings. The lowest BCUT2D eigenvalue weighted by molar-refractivity contribution is 0.577. The van der Waals surface area contributed by atoms with E-state index in [0.29, 0.717) is 10.7 Å². The third kappa shape index (κ3) is 3.24. The molecule has 0 bridgehead atoms. The van der Waals surface area contributed by atoms with Gasteiger partial charge in [-0.25, -0.2) is 8.78 Å². The summed E-state index contributed by atoms with van der Waals surface area (Å²) < 4.78 is 26.8. The minimum absolute atomic E-state index is 0.276. The molecule has 1 nitrogen and oxygen atoms in total.